The highest BCUT2D eigenvalue weighted by atomic mass is 35.5. The second-order valence-corrected chi connectivity index (χ2v) is 6.29. The number of nitrogens with zero attached hydrogens (tertiary/aromatic N) is 1. The molecule has 0 fully saturated rings. The van der Waals surface area contributed by atoms with Crippen molar-refractivity contribution in [3.63, 3.8) is 0 Å². The van der Waals surface area contributed by atoms with E-state index >= 15 is 0 Å². The number of carbonyl (C=O) groups excluding carboxylic acids is 2. The van der Waals surface area contributed by atoms with E-state index < -0.39 is 23.4 Å². The van der Waals surface area contributed by atoms with Gasteiger partial charge in [0.25, 0.3) is 11.6 Å². The molecule has 164 valence electrons. The molecule has 0 unspecified atom stereocenters. The van der Waals surface area contributed by atoms with Crippen LogP contribution in [0.1, 0.15) is 5.56 Å². The number of anilines is 1. The molecule has 0 aliphatic carbocycles. The number of amides is 1. The molecule has 2 aromatic carbocycles. The van der Waals surface area contributed by atoms with Gasteiger partial charge in [0.2, 0.25) is 0 Å². The first kappa shape index (κ1) is 23.5. The van der Waals surface area contributed by atoms with Gasteiger partial charge in [0.1, 0.15) is 11.4 Å². The summed E-state index contributed by atoms with van der Waals surface area (Å²) >= 11 is 5.73. The molecule has 0 heterocycles. The van der Waals surface area contributed by atoms with E-state index in [0.717, 1.165) is 12.1 Å². The van der Waals surface area contributed by atoms with Crippen molar-refractivity contribution in [2.24, 2.45) is 0 Å². The molecule has 0 spiro atoms. The van der Waals surface area contributed by atoms with Crippen molar-refractivity contribution in [2.75, 3.05) is 33.3 Å². The second-order valence-electron chi connectivity index (χ2n) is 5.86. The summed E-state index contributed by atoms with van der Waals surface area (Å²) in [6.07, 6.45) is 2.52. The smallest absolute Gasteiger partial charge is 0.331 e. The van der Waals surface area contributed by atoms with Gasteiger partial charge in [-0.05, 0) is 24.3 Å². The maximum Gasteiger partial charge on any atom is 0.331 e. The average Bonchev–Trinajstić information content (AvgIpc) is 2.76. The lowest BCUT2D eigenvalue weighted by Crippen LogP contribution is -2.20. The van der Waals surface area contributed by atoms with Crippen LogP contribution in [0.15, 0.2) is 36.4 Å². The molecule has 0 saturated carbocycles. The molecule has 0 radical (unpaired) electrons. The number of nitro groups is 1. The molecule has 0 saturated heterocycles. The summed E-state index contributed by atoms with van der Waals surface area (Å²) < 4.78 is 20.5. The first-order valence-electron chi connectivity index (χ1n) is 8.67. The molecular formula is C20H19ClN2O8. The number of esters is 1. The molecule has 0 atom stereocenters. The third kappa shape index (κ3) is 6.34. The Bertz CT molecular complexity index is 1020. The molecule has 0 aliphatic heterocycles. The SMILES string of the molecule is COc1cc(OC)c(OC)cc1/C=C/C(=O)OCC(=O)Nc1ccc(Cl)cc1[N+](=O)[O-]. The first-order chi connectivity index (χ1) is 14.8. The molecule has 2 rings (SSSR count). The zero-order chi connectivity index (χ0) is 23.0. The van der Waals surface area contributed by atoms with Crippen LogP contribution in [0.5, 0.6) is 17.2 Å². The van der Waals surface area contributed by atoms with Gasteiger partial charge in [0.15, 0.2) is 18.1 Å². The third-order valence-electron chi connectivity index (χ3n) is 3.91. The molecule has 11 heteroatoms. The fourth-order valence-corrected chi connectivity index (χ4v) is 2.64. The third-order valence-corrected chi connectivity index (χ3v) is 4.15. The average molecular weight is 451 g/mol. The number of ether oxygens (including phenoxy) is 4. The predicted octanol–water partition coefficient (Wildman–Crippen LogP) is 3.47. The Balaban J connectivity index is 2.02. The molecule has 31 heavy (non-hydrogen) atoms. The number of benzene rings is 2. The van der Waals surface area contributed by atoms with Gasteiger partial charge in [-0.15, -0.1) is 0 Å². The van der Waals surface area contributed by atoms with Gasteiger partial charge in [0, 0.05) is 28.8 Å². The largest absolute Gasteiger partial charge is 0.496 e. The Morgan fingerprint density at radius 3 is 2.32 bits per heavy atom. The number of hydrogen-bond acceptors (Lipinski definition) is 8. The van der Waals surface area contributed by atoms with Crippen molar-refractivity contribution in [2.45, 2.75) is 0 Å². The van der Waals surface area contributed by atoms with Crippen molar-refractivity contribution in [1.82, 2.24) is 0 Å². The minimum Gasteiger partial charge on any atom is -0.496 e. The summed E-state index contributed by atoms with van der Waals surface area (Å²) in [7, 11) is 4.40. The van der Waals surface area contributed by atoms with Gasteiger partial charge in [-0.1, -0.05) is 11.6 Å². The van der Waals surface area contributed by atoms with Crippen LogP contribution in [0.25, 0.3) is 6.08 Å². The molecule has 0 bridgehead atoms. The molecule has 1 N–H and O–H groups in total. The summed E-state index contributed by atoms with van der Waals surface area (Å²) in [5.41, 5.74) is 0.0621. The second kappa shape index (κ2) is 10.8. The Labute approximate surface area is 182 Å². The van der Waals surface area contributed by atoms with E-state index in [-0.39, 0.29) is 16.4 Å². The van der Waals surface area contributed by atoms with E-state index in [1.165, 1.54) is 39.5 Å². The zero-order valence-electron chi connectivity index (χ0n) is 16.8. The number of nitro benzene ring substituents is 1. The van der Waals surface area contributed by atoms with Crippen molar-refractivity contribution in [3.8, 4) is 17.2 Å². The highest BCUT2D eigenvalue weighted by Gasteiger charge is 2.17. The lowest BCUT2D eigenvalue weighted by Gasteiger charge is -2.12. The van der Waals surface area contributed by atoms with Gasteiger partial charge < -0.3 is 24.3 Å². The molecule has 2 aromatic rings. The van der Waals surface area contributed by atoms with Crippen LogP contribution in [0.2, 0.25) is 5.02 Å². The highest BCUT2D eigenvalue weighted by Crippen LogP contribution is 2.35. The van der Waals surface area contributed by atoms with Gasteiger partial charge in [-0.25, -0.2) is 4.79 Å². The van der Waals surface area contributed by atoms with Crippen LogP contribution in [0.4, 0.5) is 11.4 Å². The number of nitrogens with one attached hydrogen (secondary N) is 1. The Morgan fingerprint density at radius 1 is 1.06 bits per heavy atom. The molecule has 10 nitrogen and oxygen atoms in total. The van der Waals surface area contributed by atoms with E-state index in [2.05, 4.69) is 5.32 Å². The Hall–Kier alpha value is -3.79. The van der Waals surface area contributed by atoms with E-state index in [1.807, 2.05) is 0 Å². The number of methoxy groups -OCH3 is 3. The van der Waals surface area contributed by atoms with Crippen LogP contribution in [-0.4, -0.2) is 44.7 Å². The molecule has 0 aromatic heterocycles. The molecular weight excluding hydrogens is 432 g/mol. The summed E-state index contributed by atoms with van der Waals surface area (Å²) in [6.45, 7) is -0.647. The van der Waals surface area contributed by atoms with Crippen LogP contribution in [-0.2, 0) is 14.3 Å². The molecule has 1 amide bonds. The lowest BCUT2D eigenvalue weighted by molar-refractivity contribution is -0.383. The Kier molecular flexibility index (Phi) is 8.21. The minimum absolute atomic E-state index is 0.0685. The standard InChI is InChI=1S/C20H19ClN2O8/c1-28-16-10-18(30-3)17(29-2)8-12(16)4-7-20(25)31-11-19(24)22-14-6-5-13(21)9-15(14)23(26)27/h4-10H,11H2,1-3H3,(H,22,24)/b7-4+. The first-order valence-corrected chi connectivity index (χ1v) is 9.05. The topological polar surface area (TPSA) is 126 Å². The van der Waals surface area contributed by atoms with Crippen LogP contribution < -0.4 is 19.5 Å². The van der Waals surface area contributed by atoms with Crippen molar-refractivity contribution in [3.05, 3.63) is 57.1 Å². The van der Waals surface area contributed by atoms with E-state index in [4.69, 9.17) is 30.5 Å². The fourth-order valence-electron chi connectivity index (χ4n) is 2.47. The van der Waals surface area contributed by atoms with Crippen molar-refractivity contribution in [1.29, 1.82) is 0 Å². The number of halogens is 1. The highest BCUT2D eigenvalue weighted by molar-refractivity contribution is 6.31. The maximum atomic E-state index is 12.0. The summed E-state index contributed by atoms with van der Waals surface area (Å²) in [5.74, 6) is -0.254. The van der Waals surface area contributed by atoms with Gasteiger partial charge >= 0.3 is 5.97 Å². The number of carbonyl (C=O) groups is 2. The van der Waals surface area contributed by atoms with Gasteiger partial charge in [-0.2, -0.15) is 0 Å². The fraction of sp³-hybridized carbons (Fsp3) is 0.200. The minimum atomic E-state index is -0.808. The number of hydrogen-bond donors (Lipinski definition) is 1. The summed E-state index contributed by atoms with van der Waals surface area (Å²) in [6, 6.07) is 6.96. The molecule has 0 aliphatic rings. The maximum absolute atomic E-state index is 12.0. The Morgan fingerprint density at radius 2 is 1.71 bits per heavy atom. The van der Waals surface area contributed by atoms with Crippen molar-refractivity contribution < 1.29 is 33.5 Å². The normalized spacial score (nSPS) is 10.5. The zero-order valence-corrected chi connectivity index (χ0v) is 17.6. The van der Waals surface area contributed by atoms with Crippen LogP contribution in [0, 0.1) is 10.1 Å². The monoisotopic (exact) mass is 450 g/mol. The summed E-state index contributed by atoms with van der Waals surface area (Å²) in [4.78, 5) is 34.3. The van der Waals surface area contributed by atoms with Crippen LogP contribution in [0.3, 0.4) is 0 Å². The summed E-state index contributed by atoms with van der Waals surface area (Å²) in [5, 5.41) is 13.5. The quantitative estimate of drug-likeness (QED) is 0.266. The van der Waals surface area contributed by atoms with Gasteiger partial charge in [0.05, 0.1) is 26.3 Å². The van der Waals surface area contributed by atoms with E-state index in [9.17, 15) is 19.7 Å². The lowest BCUT2D eigenvalue weighted by atomic mass is 10.1. The predicted molar refractivity (Wildman–Crippen MR) is 113 cm³/mol. The number of rotatable bonds is 9. The van der Waals surface area contributed by atoms with Gasteiger partial charge in [-0.3, -0.25) is 14.9 Å². The van der Waals surface area contributed by atoms with Crippen LogP contribution >= 0.6 is 11.6 Å². The van der Waals surface area contributed by atoms with Crippen molar-refractivity contribution >= 4 is 40.9 Å². The van der Waals surface area contributed by atoms with E-state index in [1.54, 1.807) is 12.1 Å². The van der Waals surface area contributed by atoms with E-state index in [0.29, 0.717) is 22.8 Å².